The van der Waals surface area contributed by atoms with Crippen LogP contribution < -0.4 is 5.46 Å². The molecule has 5 heteroatoms. The van der Waals surface area contributed by atoms with Gasteiger partial charge in [-0.1, -0.05) is 28.1 Å². The number of rotatable bonds is 2. The minimum Gasteiger partial charge on any atom is -0.423 e. The molecule has 0 aliphatic heterocycles. The van der Waals surface area contributed by atoms with Crippen LogP contribution in [0.25, 0.3) is 0 Å². The van der Waals surface area contributed by atoms with E-state index in [4.69, 9.17) is 15.3 Å². The zero-order valence-corrected chi connectivity index (χ0v) is 8.32. The lowest BCUT2D eigenvalue weighted by molar-refractivity contribution is 0.425. The highest BCUT2D eigenvalue weighted by Crippen LogP contribution is 2.09. The molecule has 0 aromatic heterocycles. The molecule has 0 saturated carbocycles. The van der Waals surface area contributed by atoms with Crippen LogP contribution in [0.15, 0.2) is 22.7 Å². The second-order valence-corrected chi connectivity index (χ2v) is 3.42. The summed E-state index contributed by atoms with van der Waals surface area (Å²) < 4.78 is 0.629. The molecule has 0 unspecified atom stereocenters. The average molecular weight is 240 g/mol. The Morgan fingerprint density at radius 2 is 2.15 bits per heavy atom. The van der Waals surface area contributed by atoms with Crippen molar-refractivity contribution in [2.24, 2.45) is 0 Å². The van der Waals surface area contributed by atoms with E-state index in [1.807, 2.05) is 6.07 Å². The van der Waals surface area contributed by atoms with Crippen molar-refractivity contribution in [3.63, 3.8) is 0 Å². The third-order valence-electron chi connectivity index (χ3n) is 1.62. The predicted octanol–water partition coefficient (Wildman–Crippen LogP) is 0.195. The molecule has 0 atom stereocenters. The van der Waals surface area contributed by atoms with Gasteiger partial charge in [0.2, 0.25) is 0 Å². The lowest BCUT2D eigenvalue weighted by Gasteiger charge is -2.04. The monoisotopic (exact) mass is 239 g/mol. The van der Waals surface area contributed by atoms with Crippen molar-refractivity contribution < 1.29 is 10.0 Å². The Morgan fingerprint density at radius 3 is 2.69 bits per heavy atom. The van der Waals surface area contributed by atoms with Gasteiger partial charge in [0.05, 0.1) is 12.5 Å². The first-order valence-corrected chi connectivity index (χ1v) is 4.46. The summed E-state index contributed by atoms with van der Waals surface area (Å²) in [6.07, 6.45) is 0.271. The van der Waals surface area contributed by atoms with E-state index in [1.165, 1.54) is 0 Å². The van der Waals surface area contributed by atoms with Gasteiger partial charge in [0.25, 0.3) is 0 Å². The van der Waals surface area contributed by atoms with Crippen molar-refractivity contribution >= 4 is 28.5 Å². The zero-order chi connectivity index (χ0) is 9.84. The topological polar surface area (TPSA) is 64.2 Å². The number of hydrogen-bond donors (Lipinski definition) is 2. The van der Waals surface area contributed by atoms with Crippen LogP contribution in [0.3, 0.4) is 0 Å². The Labute approximate surface area is 84.9 Å². The molecule has 1 aromatic carbocycles. The van der Waals surface area contributed by atoms with Crippen molar-refractivity contribution in [3.05, 3.63) is 28.2 Å². The molecular formula is C8H7BBrNO2. The molecule has 0 spiro atoms. The third-order valence-corrected chi connectivity index (χ3v) is 2.34. The Balaban J connectivity index is 3.05. The minimum atomic E-state index is -1.51. The Kier molecular flexibility index (Phi) is 3.49. The highest BCUT2D eigenvalue weighted by Gasteiger charge is 2.14. The number of nitriles is 1. The van der Waals surface area contributed by atoms with Gasteiger partial charge < -0.3 is 10.0 Å². The number of nitrogens with zero attached hydrogens (tertiary/aromatic N) is 1. The van der Waals surface area contributed by atoms with Gasteiger partial charge in [-0.2, -0.15) is 5.26 Å². The normalized spacial score (nSPS) is 9.38. The van der Waals surface area contributed by atoms with Crippen LogP contribution in [0, 0.1) is 11.3 Å². The number of benzene rings is 1. The molecule has 1 rings (SSSR count). The van der Waals surface area contributed by atoms with Gasteiger partial charge in [-0.3, -0.25) is 0 Å². The standard InChI is InChI=1S/C8H7BBrNO2/c10-8-2-1-6(3-4-11)5-7(8)9(12)13/h1-2,5,12-13H,3H2. The average Bonchev–Trinajstić information content (AvgIpc) is 2.08. The molecule has 66 valence electrons. The summed E-state index contributed by atoms with van der Waals surface area (Å²) in [4.78, 5) is 0. The van der Waals surface area contributed by atoms with Gasteiger partial charge in [0.1, 0.15) is 0 Å². The molecular weight excluding hydrogens is 233 g/mol. The van der Waals surface area contributed by atoms with Crippen LogP contribution in [0.2, 0.25) is 0 Å². The summed E-state index contributed by atoms with van der Waals surface area (Å²) in [6, 6.07) is 7.05. The minimum absolute atomic E-state index is 0.271. The molecule has 2 N–H and O–H groups in total. The lowest BCUT2D eigenvalue weighted by atomic mass is 9.79. The number of hydrogen-bond acceptors (Lipinski definition) is 3. The third kappa shape index (κ3) is 2.56. The molecule has 0 heterocycles. The van der Waals surface area contributed by atoms with E-state index in [0.29, 0.717) is 9.94 Å². The van der Waals surface area contributed by atoms with E-state index >= 15 is 0 Å². The van der Waals surface area contributed by atoms with Crippen molar-refractivity contribution in [3.8, 4) is 6.07 Å². The van der Waals surface area contributed by atoms with Crippen molar-refractivity contribution in [2.45, 2.75) is 6.42 Å². The SMILES string of the molecule is N#CCc1ccc(Br)c(B(O)O)c1. The largest absolute Gasteiger partial charge is 0.489 e. The molecule has 0 aliphatic rings. The van der Waals surface area contributed by atoms with Gasteiger partial charge in [-0.15, -0.1) is 0 Å². The smallest absolute Gasteiger partial charge is 0.423 e. The highest BCUT2D eigenvalue weighted by atomic mass is 79.9. The van der Waals surface area contributed by atoms with Crippen LogP contribution >= 0.6 is 15.9 Å². The van der Waals surface area contributed by atoms with Crippen molar-refractivity contribution in [2.75, 3.05) is 0 Å². The van der Waals surface area contributed by atoms with Gasteiger partial charge in [-0.05, 0) is 17.1 Å². The Hall–Kier alpha value is -0.825. The second kappa shape index (κ2) is 4.42. The summed E-state index contributed by atoms with van der Waals surface area (Å²) in [5.74, 6) is 0. The van der Waals surface area contributed by atoms with Gasteiger partial charge >= 0.3 is 7.12 Å². The van der Waals surface area contributed by atoms with Crippen molar-refractivity contribution in [1.82, 2.24) is 0 Å². The van der Waals surface area contributed by atoms with Crippen LogP contribution in [-0.2, 0) is 6.42 Å². The van der Waals surface area contributed by atoms with E-state index in [-0.39, 0.29) is 6.42 Å². The first kappa shape index (κ1) is 10.3. The van der Waals surface area contributed by atoms with E-state index in [9.17, 15) is 0 Å². The summed E-state index contributed by atoms with van der Waals surface area (Å²) >= 11 is 3.18. The molecule has 13 heavy (non-hydrogen) atoms. The molecule has 1 aromatic rings. The van der Waals surface area contributed by atoms with E-state index < -0.39 is 7.12 Å². The van der Waals surface area contributed by atoms with Gasteiger partial charge in [0.15, 0.2) is 0 Å². The predicted molar refractivity (Wildman–Crippen MR) is 53.3 cm³/mol. The highest BCUT2D eigenvalue weighted by molar-refractivity contribution is 9.10. The summed E-state index contributed by atoms with van der Waals surface area (Å²) in [6.45, 7) is 0. The molecule has 0 aliphatic carbocycles. The molecule has 3 nitrogen and oxygen atoms in total. The fraction of sp³-hybridized carbons (Fsp3) is 0.125. The Bertz CT molecular complexity index is 348. The molecule has 0 fully saturated rings. The van der Waals surface area contributed by atoms with Crippen LogP contribution in [0.5, 0.6) is 0 Å². The molecule has 0 radical (unpaired) electrons. The summed E-state index contributed by atoms with van der Waals surface area (Å²) in [5.41, 5.74) is 1.15. The Morgan fingerprint density at radius 1 is 1.46 bits per heavy atom. The molecule has 0 bridgehead atoms. The second-order valence-electron chi connectivity index (χ2n) is 2.56. The first-order chi connectivity index (χ1) is 6.15. The zero-order valence-electron chi connectivity index (χ0n) is 6.74. The van der Waals surface area contributed by atoms with Gasteiger partial charge in [-0.25, -0.2) is 0 Å². The quantitative estimate of drug-likeness (QED) is 0.725. The van der Waals surface area contributed by atoms with E-state index in [2.05, 4.69) is 15.9 Å². The fourth-order valence-corrected chi connectivity index (χ4v) is 1.44. The number of halogens is 1. The lowest BCUT2D eigenvalue weighted by Crippen LogP contribution is -2.31. The molecule has 0 saturated heterocycles. The first-order valence-electron chi connectivity index (χ1n) is 3.66. The van der Waals surface area contributed by atoms with Crippen molar-refractivity contribution in [1.29, 1.82) is 5.26 Å². The molecule has 0 amide bonds. The maximum Gasteiger partial charge on any atom is 0.489 e. The van der Waals surface area contributed by atoms with E-state index in [1.54, 1.807) is 18.2 Å². The van der Waals surface area contributed by atoms with Crippen LogP contribution in [0.1, 0.15) is 5.56 Å². The summed E-state index contributed by atoms with van der Waals surface area (Å²) in [7, 11) is -1.51. The maximum absolute atomic E-state index is 8.94. The van der Waals surface area contributed by atoms with Gasteiger partial charge in [0, 0.05) is 4.47 Å². The van der Waals surface area contributed by atoms with Crippen LogP contribution in [0.4, 0.5) is 0 Å². The van der Waals surface area contributed by atoms with E-state index in [0.717, 1.165) is 5.56 Å². The summed E-state index contributed by atoms with van der Waals surface area (Å²) in [5, 5.41) is 26.3. The fourth-order valence-electron chi connectivity index (χ4n) is 0.992. The maximum atomic E-state index is 8.94. The van der Waals surface area contributed by atoms with Crippen LogP contribution in [-0.4, -0.2) is 17.2 Å².